The third kappa shape index (κ3) is 3.66. The van der Waals surface area contributed by atoms with Crippen molar-refractivity contribution in [3.8, 4) is 11.4 Å². The highest BCUT2D eigenvalue weighted by molar-refractivity contribution is 7.16. The summed E-state index contributed by atoms with van der Waals surface area (Å²) in [6.07, 6.45) is 3.46. The molecule has 0 atom stereocenters. The number of rotatable bonds is 4. The van der Waals surface area contributed by atoms with Gasteiger partial charge in [0.25, 0.3) is 0 Å². The first kappa shape index (κ1) is 18.1. The van der Waals surface area contributed by atoms with Crippen LogP contribution in [0.2, 0.25) is 4.34 Å². The highest BCUT2D eigenvalue weighted by atomic mass is 35.5. The number of hydrogen-bond acceptors (Lipinski definition) is 5. The van der Waals surface area contributed by atoms with Gasteiger partial charge in [0, 0.05) is 55.1 Å². The van der Waals surface area contributed by atoms with Crippen LogP contribution in [0, 0.1) is 0 Å². The van der Waals surface area contributed by atoms with Gasteiger partial charge in [0.1, 0.15) is 5.82 Å². The molecule has 0 bridgehead atoms. The minimum Gasteiger partial charge on any atom is -0.356 e. The third-order valence-electron chi connectivity index (χ3n) is 5.56. The highest BCUT2D eigenvalue weighted by Crippen LogP contribution is 2.32. The molecule has 0 spiro atoms. The largest absolute Gasteiger partial charge is 0.356 e. The molecule has 2 aromatic heterocycles. The van der Waals surface area contributed by atoms with Crippen molar-refractivity contribution in [3.63, 3.8) is 0 Å². The van der Waals surface area contributed by atoms with Gasteiger partial charge in [-0.3, -0.25) is 4.90 Å². The summed E-state index contributed by atoms with van der Waals surface area (Å²) in [6.45, 7) is 5.06. The summed E-state index contributed by atoms with van der Waals surface area (Å²) in [5.41, 5.74) is 3.63. The molecule has 0 radical (unpaired) electrons. The predicted molar refractivity (Wildman–Crippen MR) is 116 cm³/mol. The van der Waals surface area contributed by atoms with E-state index in [1.165, 1.54) is 29.0 Å². The number of halogens is 1. The molecule has 1 fully saturated rings. The Labute approximate surface area is 174 Å². The molecule has 1 saturated heterocycles. The van der Waals surface area contributed by atoms with Gasteiger partial charge in [-0.05, 0) is 25.0 Å². The van der Waals surface area contributed by atoms with Crippen LogP contribution in [0.15, 0.2) is 42.5 Å². The molecule has 28 heavy (non-hydrogen) atoms. The fourth-order valence-electron chi connectivity index (χ4n) is 4.15. The minimum atomic E-state index is 0.861. The Morgan fingerprint density at radius 2 is 1.79 bits per heavy atom. The van der Waals surface area contributed by atoms with Crippen LogP contribution < -0.4 is 4.90 Å². The van der Waals surface area contributed by atoms with E-state index in [0.29, 0.717) is 0 Å². The summed E-state index contributed by atoms with van der Waals surface area (Å²) in [5.74, 6) is 2.01. The number of benzene rings is 1. The molecule has 0 unspecified atom stereocenters. The summed E-state index contributed by atoms with van der Waals surface area (Å²) >= 11 is 7.79. The van der Waals surface area contributed by atoms with Crippen LogP contribution in [0.4, 0.5) is 5.82 Å². The lowest BCUT2D eigenvalue weighted by Crippen LogP contribution is -2.33. The maximum atomic E-state index is 6.12. The number of nitrogens with zero attached hydrogens (tertiary/aromatic N) is 4. The van der Waals surface area contributed by atoms with Crippen molar-refractivity contribution >= 4 is 28.8 Å². The monoisotopic (exact) mass is 410 g/mol. The smallest absolute Gasteiger partial charge is 0.161 e. The summed E-state index contributed by atoms with van der Waals surface area (Å²) in [6, 6.07) is 14.5. The number of hydrogen-bond donors (Lipinski definition) is 0. The predicted octanol–water partition coefficient (Wildman–Crippen LogP) is 5.02. The van der Waals surface area contributed by atoms with E-state index in [1.54, 1.807) is 11.3 Å². The molecule has 6 heteroatoms. The second-order valence-electron chi connectivity index (χ2n) is 7.52. The second kappa shape index (κ2) is 7.82. The molecule has 3 aromatic rings. The van der Waals surface area contributed by atoms with E-state index in [1.807, 2.05) is 12.1 Å². The van der Waals surface area contributed by atoms with Crippen LogP contribution >= 0.6 is 22.9 Å². The standard InChI is InChI=1S/C22H23ClN4S/c23-20-9-8-17(28-20)14-26-13-10-19-18(15-26)22(27-11-4-5-12-27)25-21(24-19)16-6-2-1-3-7-16/h1-3,6-9H,4-5,10-15H2. The lowest BCUT2D eigenvalue weighted by atomic mass is 10.0. The van der Waals surface area contributed by atoms with Crippen molar-refractivity contribution in [2.45, 2.75) is 32.4 Å². The lowest BCUT2D eigenvalue weighted by Gasteiger charge is -2.31. The first-order valence-electron chi connectivity index (χ1n) is 9.93. The Morgan fingerprint density at radius 3 is 2.54 bits per heavy atom. The van der Waals surface area contributed by atoms with E-state index in [4.69, 9.17) is 21.6 Å². The molecule has 4 heterocycles. The van der Waals surface area contributed by atoms with Crippen molar-refractivity contribution in [1.29, 1.82) is 0 Å². The summed E-state index contributed by atoms with van der Waals surface area (Å²) in [4.78, 5) is 16.3. The molecule has 144 valence electrons. The fourth-order valence-corrected chi connectivity index (χ4v) is 5.28. The highest BCUT2D eigenvalue weighted by Gasteiger charge is 2.27. The Bertz CT molecular complexity index is 966. The van der Waals surface area contributed by atoms with E-state index in [9.17, 15) is 0 Å². The minimum absolute atomic E-state index is 0.861. The Balaban J connectivity index is 1.49. The molecule has 5 rings (SSSR count). The van der Waals surface area contributed by atoms with Crippen molar-refractivity contribution in [2.24, 2.45) is 0 Å². The van der Waals surface area contributed by atoms with Crippen LogP contribution in [0.3, 0.4) is 0 Å². The zero-order valence-electron chi connectivity index (χ0n) is 15.8. The molecule has 0 saturated carbocycles. The summed E-state index contributed by atoms with van der Waals surface area (Å²) in [7, 11) is 0. The quantitative estimate of drug-likeness (QED) is 0.604. The summed E-state index contributed by atoms with van der Waals surface area (Å²) < 4.78 is 0.862. The van der Waals surface area contributed by atoms with E-state index in [2.05, 4.69) is 40.1 Å². The number of anilines is 1. The third-order valence-corrected chi connectivity index (χ3v) is 6.78. The van der Waals surface area contributed by atoms with Crippen molar-refractivity contribution in [3.05, 3.63) is 62.9 Å². The van der Waals surface area contributed by atoms with Crippen LogP contribution in [-0.2, 0) is 19.5 Å². The van der Waals surface area contributed by atoms with Gasteiger partial charge in [0.15, 0.2) is 5.82 Å². The van der Waals surface area contributed by atoms with Gasteiger partial charge in [0.05, 0.1) is 10.0 Å². The number of aromatic nitrogens is 2. The molecular weight excluding hydrogens is 388 g/mol. The van der Waals surface area contributed by atoms with Gasteiger partial charge in [-0.15, -0.1) is 11.3 Å². The second-order valence-corrected chi connectivity index (χ2v) is 9.32. The SMILES string of the molecule is Clc1ccc(CN2CCc3nc(-c4ccccc4)nc(N4CCCC4)c3C2)s1. The normalized spacial score (nSPS) is 17.1. The first-order chi connectivity index (χ1) is 13.8. The summed E-state index contributed by atoms with van der Waals surface area (Å²) in [5, 5.41) is 0. The van der Waals surface area contributed by atoms with Crippen LogP contribution in [0.25, 0.3) is 11.4 Å². The van der Waals surface area contributed by atoms with Gasteiger partial charge in [0.2, 0.25) is 0 Å². The van der Waals surface area contributed by atoms with Crippen molar-refractivity contribution in [1.82, 2.24) is 14.9 Å². The molecule has 0 aliphatic carbocycles. The van der Waals surface area contributed by atoms with Gasteiger partial charge >= 0.3 is 0 Å². The van der Waals surface area contributed by atoms with Crippen molar-refractivity contribution in [2.75, 3.05) is 24.5 Å². The maximum Gasteiger partial charge on any atom is 0.161 e. The molecular formula is C22H23ClN4S. The van der Waals surface area contributed by atoms with E-state index in [0.717, 1.165) is 60.7 Å². The molecule has 2 aliphatic rings. The van der Waals surface area contributed by atoms with Crippen LogP contribution in [0.1, 0.15) is 29.0 Å². The van der Waals surface area contributed by atoms with Gasteiger partial charge in [-0.1, -0.05) is 41.9 Å². The zero-order valence-corrected chi connectivity index (χ0v) is 17.3. The Hall–Kier alpha value is -1.95. The zero-order chi connectivity index (χ0) is 18.9. The lowest BCUT2D eigenvalue weighted by molar-refractivity contribution is 0.245. The number of thiophene rings is 1. The van der Waals surface area contributed by atoms with Gasteiger partial charge < -0.3 is 4.90 Å². The average molecular weight is 411 g/mol. The van der Waals surface area contributed by atoms with E-state index in [-0.39, 0.29) is 0 Å². The average Bonchev–Trinajstić information content (AvgIpc) is 3.40. The van der Waals surface area contributed by atoms with Crippen LogP contribution in [0.5, 0.6) is 0 Å². The Kier molecular flexibility index (Phi) is 5.05. The molecule has 0 amide bonds. The molecule has 4 nitrogen and oxygen atoms in total. The maximum absolute atomic E-state index is 6.12. The van der Waals surface area contributed by atoms with Crippen LogP contribution in [-0.4, -0.2) is 34.5 Å². The number of fused-ring (bicyclic) bond motifs is 1. The van der Waals surface area contributed by atoms with Gasteiger partial charge in [-0.25, -0.2) is 9.97 Å². The van der Waals surface area contributed by atoms with Gasteiger partial charge in [-0.2, -0.15) is 0 Å². The van der Waals surface area contributed by atoms with E-state index < -0.39 is 0 Å². The first-order valence-corrected chi connectivity index (χ1v) is 11.1. The molecule has 2 aliphatic heterocycles. The van der Waals surface area contributed by atoms with E-state index >= 15 is 0 Å². The topological polar surface area (TPSA) is 32.3 Å². The Morgan fingerprint density at radius 1 is 0.964 bits per heavy atom. The fraction of sp³-hybridized carbons (Fsp3) is 0.364. The van der Waals surface area contributed by atoms with Crippen molar-refractivity contribution < 1.29 is 0 Å². The molecule has 1 aromatic carbocycles. The molecule has 0 N–H and O–H groups in total.